The van der Waals surface area contributed by atoms with Gasteiger partial charge in [0.1, 0.15) is 11.4 Å². The minimum absolute atomic E-state index is 0.284. The lowest BCUT2D eigenvalue weighted by Gasteiger charge is -2.35. The fraction of sp³-hybridized carbons (Fsp3) is 0.478. The normalized spacial score (nSPS) is 17.9. The number of pyridine rings is 1. The van der Waals surface area contributed by atoms with Gasteiger partial charge in [0.2, 0.25) is 10.0 Å². The van der Waals surface area contributed by atoms with E-state index in [0.717, 1.165) is 30.4 Å². The molecule has 1 aromatic carbocycles. The number of anilines is 1. The number of ether oxygens (including phenoxy) is 1. The molecule has 31 heavy (non-hydrogen) atoms. The first kappa shape index (κ1) is 23.2. The second kappa shape index (κ2) is 8.96. The number of nitrogens with zero attached hydrogens (tertiary/aromatic N) is 3. The van der Waals surface area contributed by atoms with Gasteiger partial charge in [-0.15, -0.1) is 0 Å². The number of sulfonamides is 1. The number of hydrogen-bond donors (Lipinski definition) is 0. The second-order valence-electron chi connectivity index (χ2n) is 8.93. The van der Waals surface area contributed by atoms with Crippen LogP contribution < -0.4 is 4.90 Å². The van der Waals surface area contributed by atoms with Crippen LogP contribution in [0.25, 0.3) is 0 Å². The first-order chi connectivity index (χ1) is 14.5. The second-order valence-corrected chi connectivity index (χ2v) is 10.8. The molecule has 0 aliphatic carbocycles. The molecular formula is C23H31N3O4S. The summed E-state index contributed by atoms with van der Waals surface area (Å²) >= 11 is 0. The number of carbonyl (C=O) groups is 1. The van der Waals surface area contributed by atoms with Crippen molar-refractivity contribution in [1.82, 2.24) is 9.29 Å². The van der Waals surface area contributed by atoms with Crippen LogP contribution in [0, 0.1) is 6.92 Å². The third kappa shape index (κ3) is 5.43. The number of piperidine rings is 1. The fourth-order valence-corrected chi connectivity index (χ4v) is 5.27. The Morgan fingerprint density at radius 3 is 2.39 bits per heavy atom. The summed E-state index contributed by atoms with van der Waals surface area (Å²) in [6.45, 7) is 7.83. The number of benzene rings is 1. The van der Waals surface area contributed by atoms with Gasteiger partial charge in [0.15, 0.2) is 0 Å². The van der Waals surface area contributed by atoms with E-state index in [0.29, 0.717) is 17.3 Å². The molecule has 1 saturated heterocycles. The highest BCUT2D eigenvalue weighted by atomic mass is 32.2. The summed E-state index contributed by atoms with van der Waals surface area (Å²) in [6.07, 6.45) is 3.67. The summed E-state index contributed by atoms with van der Waals surface area (Å²) in [5, 5.41) is 0. The van der Waals surface area contributed by atoms with Crippen LogP contribution >= 0.6 is 0 Å². The third-order valence-electron chi connectivity index (χ3n) is 5.25. The molecule has 1 aliphatic rings. The van der Waals surface area contributed by atoms with Gasteiger partial charge >= 0.3 is 6.09 Å². The highest BCUT2D eigenvalue weighted by molar-refractivity contribution is 7.89. The van der Waals surface area contributed by atoms with Crippen molar-refractivity contribution < 1.29 is 17.9 Å². The highest BCUT2D eigenvalue weighted by Crippen LogP contribution is 2.35. The quantitative estimate of drug-likeness (QED) is 0.683. The van der Waals surface area contributed by atoms with Gasteiger partial charge in [-0.3, -0.25) is 4.90 Å². The smallest absolute Gasteiger partial charge is 0.415 e. The van der Waals surface area contributed by atoms with Gasteiger partial charge in [0.25, 0.3) is 0 Å². The molecule has 2 aromatic rings. The number of aromatic nitrogens is 1. The van der Waals surface area contributed by atoms with E-state index in [1.54, 1.807) is 56.5 Å². The largest absolute Gasteiger partial charge is 0.443 e. The van der Waals surface area contributed by atoms with E-state index in [9.17, 15) is 13.2 Å². The van der Waals surface area contributed by atoms with Crippen LogP contribution in [-0.4, -0.2) is 43.0 Å². The topological polar surface area (TPSA) is 79.8 Å². The molecule has 0 spiro atoms. The van der Waals surface area contributed by atoms with E-state index >= 15 is 0 Å². The zero-order chi connectivity index (χ0) is 22.8. The molecule has 0 N–H and O–H groups in total. The Balaban J connectivity index is 1.83. The fourth-order valence-electron chi connectivity index (χ4n) is 3.59. The van der Waals surface area contributed by atoms with E-state index in [1.807, 2.05) is 25.1 Å². The van der Waals surface area contributed by atoms with Gasteiger partial charge in [-0.1, -0.05) is 30.2 Å². The molecule has 1 atom stereocenters. The van der Waals surface area contributed by atoms with Crippen LogP contribution in [0.2, 0.25) is 0 Å². The summed E-state index contributed by atoms with van der Waals surface area (Å²) in [7, 11) is -2.01. The van der Waals surface area contributed by atoms with Gasteiger partial charge < -0.3 is 4.74 Å². The molecule has 8 heteroatoms. The van der Waals surface area contributed by atoms with Crippen LogP contribution in [0.15, 0.2) is 47.5 Å². The van der Waals surface area contributed by atoms with Crippen molar-refractivity contribution in [2.75, 3.05) is 18.5 Å². The summed E-state index contributed by atoms with van der Waals surface area (Å²) in [5.74, 6) is 0.446. The van der Waals surface area contributed by atoms with E-state index in [4.69, 9.17) is 4.74 Å². The molecule has 2 heterocycles. The lowest BCUT2D eigenvalue weighted by atomic mass is 9.99. The van der Waals surface area contributed by atoms with Crippen molar-refractivity contribution in [2.45, 2.75) is 63.5 Å². The number of aryl methyl sites for hydroxylation is 1. The van der Waals surface area contributed by atoms with Crippen LogP contribution in [0.4, 0.5) is 10.6 Å². The highest BCUT2D eigenvalue weighted by Gasteiger charge is 2.34. The number of rotatable bonds is 4. The van der Waals surface area contributed by atoms with Crippen molar-refractivity contribution in [3.63, 3.8) is 0 Å². The van der Waals surface area contributed by atoms with Crippen molar-refractivity contribution in [2.24, 2.45) is 0 Å². The SMILES string of the molecule is Cc1ccc(S(=O)(=O)N2CCCC[C@@H]2c2ccc(N(C)C(=O)OC(C)(C)C)nc2)cc1. The Labute approximate surface area is 185 Å². The molecule has 1 amide bonds. The maximum absolute atomic E-state index is 13.3. The molecule has 3 rings (SSSR count). The Morgan fingerprint density at radius 2 is 1.81 bits per heavy atom. The number of amides is 1. The molecule has 7 nitrogen and oxygen atoms in total. The monoisotopic (exact) mass is 445 g/mol. The predicted octanol–water partition coefficient (Wildman–Crippen LogP) is 4.68. The van der Waals surface area contributed by atoms with Gasteiger partial charge in [0.05, 0.1) is 10.9 Å². The van der Waals surface area contributed by atoms with Crippen LogP contribution in [0.5, 0.6) is 0 Å². The average molecular weight is 446 g/mol. The van der Waals surface area contributed by atoms with Crippen LogP contribution in [0.1, 0.15) is 57.2 Å². The summed E-state index contributed by atoms with van der Waals surface area (Å²) in [4.78, 5) is 18.3. The summed E-state index contributed by atoms with van der Waals surface area (Å²) in [6, 6.07) is 10.2. The zero-order valence-corrected chi connectivity index (χ0v) is 19.6. The molecule has 168 valence electrons. The van der Waals surface area contributed by atoms with E-state index in [-0.39, 0.29) is 6.04 Å². The summed E-state index contributed by atoms with van der Waals surface area (Å²) in [5.41, 5.74) is 1.23. The Morgan fingerprint density at radius 1 is 1.13 bits per heavy atom. The number of carbonyl (C=O) groups excluding carboxylic acids is 1. The van der Waals surface area contributed by atoms with Crippen LogP contribution in [-0.2, 0) is 14.8 Å². The van der Waals surface area contributed by atoms with Gasteiger partial charge in [-0.05, 0) is 64.3 Å². The minimum Gasteiger partial charge on any atom is -0.443 e. The molecule has 1 aliphatic heterocycles. The van der Waals surface area contributed by atoms with Crippen molar-refractivity contribution in [1.29, 1.82) is 0 Å². The Bertz CT molecular complexity index is 1010. The first-order valence-electron chi connectivity index (χ1n) is 10.5. The molecule has 0 radical (unpaired) electrons. The van der Waals surface area contributed by atoms with Crippen molar-refractivity contribution in [3.8, 4) is 0 Å². The van der Waals surface area contributed by atoms with E-state index in [2.05, 4.69) is 4.98 Å². The molecule has 1 aromatic heterocycles. The summed E-state index contributed by atoms with van der Waals surface area (Å²) < 4.78 is 33.6. The van der Waals surface area contributed by atoms with Crippen molar-refractivity contribution in [3.05, 3.63) is 53.7 Å². The van der Waals surface area contributed by atoms with E-state index < -0.39 is 21.7 Å². The molecule has 0 saturated carbocycles. The molecule has 0 bridgehead atoms. The van der Waals surface area contributed by atoms with E-state index in [1.165, 1.54) is 4.90 Å². The predicted molar refractivity (Wildman–Crippen MR) is 121 cm³/mol. The van der Waals surface area contributed by atoms with Gasteiger partial charge in [-0.2, -0.15) is 4.31 Å². The Kier molecular flexibility index (Phi) is 6.71. The Hall–Kier alpha value is -2.45. The maximum Gasteiger partial charge on any atom is 0.415 e. The van der Waals surface area contributed by atoms with Gasteiger partial charge in [0, 0.05) is 19.8 Å². The minimum atomic E-state index is -3.62. The average Bonchev–Trinajstić information content (AvgIpc) is 2.72. The van der Waals surface area contributed by atoms with Gasteiger partial charge in [-0.25, -0.2) is 18.2 Å². The van der Waals surface area contributed by atoms with Crippen LogP contribution in [0.3, 0.4) is 0 Å². The van der Waals surface area contributed by atoms with Crippen molar-refractivity contribution >= 4 is 21.9 Å². The first-order valence-corrected chi connectivity index (χ1v) is 11.9. The lowest BCUT2D eigenvalue weighted by molar-refractivity contribution is 0.0588. The number of hydrogen-bond acceptors (Lipinski definition) is 5. The molecular weight excluding hydrogens is 414 g/mol. The molecule has 1 fully saturated rings. The lowest BCUT2D eigenvalue weighted by Crippen LogP contribution is -2.38. The third-order valence-corrected chi connectivity index (χ3v) is 7.17. The maximum atomic E-state index is 13.3. The standard InChI is InChI=1S/C23H31N3O4S/c1-17-9-12-19(13-10-17)31(28,29)26-15-7-6-8-20(26)18-11-14-21(24-16-18)25(5)22(27)30-23(2,3)4/h9-14,16,20H,6-8,15H2,1-5H3/t20-/m1/s1. The zero-order valence-electron chi connectivity index (χ0n) is 18.8. The molecule has 0 unspecified atom stereocenters.